The van der Waals surface area contributed by atoms with E-state index in [9.17, 15) is 4.39 Å². The van der Waals surface area contributed by atoms with Crippen molar-refractivity contribution in [1.82, 2.24) is 0 Å². The molecule has 0 radical (unpaired) electrons. The van der Waals surface area contributed by atoms with E-state index >= 15 is 0 Å². The smallest absolute Gasteiger partial charge is 0.123 e. The fraction of sp³-hybridized carbons (Fsp3) is 0.417. The van der Waals surface area contributed by atoms with Gasteiger partial charge in [-0.15, -0.1) is 22.7 Å². The average molecular weight is 403 g/mol. The molecule has 146 valence electrons. The summed E-state index contributed by atoms with van der Waals surface area (Å²) in [6.07, 6.45) is 12.5. The molecule has 27 heavy (non-hydrogen) atoms. The molecule has 0 N–H and O–H groups in total. The van der Waals surface area contributed by atoms with Crippen LogP contribution in [-0.2, 0) is 6.42 Å². The molecule has 0 atom stereocenters. The molecule has 0 aliphatic carbocycles. The van der Waals surface area contributed by atoms with E-state index in [0.29, 0.717) is 0 Å². The molecule has 0 fully saturated rings. The van der Waals surface area contributed by atoms with Crippen molar-refractivity contribution in [3.63, 3.8) is 0 Å². The number of thiophene rings is 2. The van der Waals surface area contributed by atoms with Crippen LogP contribution in [0.1, 0.15) is 63.9 Å². The van der Waals surface area contributed by atoms with Gasteiger partial charge < -0.3 is 0 Å². The maximum absolute atomic E-state index is 11.9. The molecule has 0 saturated carbocycles. The lowest BCUT2D eigenvalue weighted by atomic mass is 10.0. The standard InChI is InChI=1S/C18H26S2.C6H5F/c1-2-3-4-5-6-7-8-9-11-16-13-15-20-18(16)17-12-10-14-19-17;7-6-4-2-1-3-5-6/h10,12-15H,2-9,11H2,1H3;1-5H. The molecule has 0 aliphatic heterocycles. The van der Waals surface area contributed by atoms with Gasteiger partial charge in [-0.2, -0.15) is 0 Å². The van der Waals surface area contributed by atoms with Crippen molar-refractivity contribution >= 4 is 22.7 Å². The highest BCUT2D eigenvalue weighted by molar-refractivity contribution is 7.20. The van der Waals surface area contributed by atoms with Crippen LogP contribution in [0.2, 0.25) is 0 Å². The Balaban J connectivity index is 0.000000313. The molecule has 3 heteroatoms. The number of rotatable bonds is 10. The Morgan fingerprint density at radius 1 is 0.704 bits per heavy atom. The third kappa shape index (κ3) is 8.85. The Morgan fingerprint density at radius 3 is 2.00 bits per heavy atom. The highest BCUT2D eigenvalue weighted by atomic mass is 32.1. The van der Waals surface area contributed by atoms with Crippen LogP contribution in [0.5, 0.6) is 0 Å². The number of aryl methyl sites for hydroxylation is 1. The van der Waals surface area contributed by atoms with Crippen LogP contribution in [-0.4, -0.2) is 0 Å². The monoisotopic (exact) mass is 402 g/mol. The SMILES string of the molecule is CCCCCCCCCCc1ccsc1-c1cccs1.Fc1ccccc1. The number of hydrogen-bond acceptors (Lipinski definition) is 2. The molecule has 0 aliphatic rings. The van der Waals surface area contributed by atoms with E-state index in [1.165, 1.54) is 79.7 Å². The Hall–Kier alpha value is -1.45. The summed E-state index contributed by atoms with van der Waals surface area (Å²) >= 11 is 3.76. The second kappa shape index (κ2) is 13.7. The zero-order chi connectivity index (χ0) is 19.2. The van der Waals surface area contributed by atoms with Crippen molar-refractivity contribution in [3.8, 4) is 9.75 Å². The van der Waals surface area contributed by atoms with Gasteiger partial charge in [0.2, 0.25) is 0 Å². The predicted octanol–water partition coefficient (Wildman–Crippen LogP) is 8.99. The van der Waals surface area contributed by atoms with Crippen molar-refractivity contribution in [2.24, 2.45) is 0 Å². The molecule has 3 aromatic rings. The summed E-state index contributed by atoms with van der Waals surface area (Å²) in [5.41, 5.74) is 1.56. The number of benzene rings is 1. The quantitative estimate of drug-likeness (QED) is 0.297. The lowest BCUT2D eigenvalue weighted by Crippen LogP contribution is -1.86. The minimum Gasteiger partial charge on any atom is -0.207 e. The first-order valence-electron chi connectivity index (χ1n) is 10.1. The maximum atomic E-state index is 11.9. The molecule has 0 bridgehead atoms. The fourth-order valence-electron chi connectivity index (χ4n) is 3.02. The van der Waals surface area contributed by atoms with E-state index < -0.39 is 0 Å². The van der Waals surface area contributed by atoms with Crippen LogP contribution < -0.4 is 0 Å². The Morgan fingerprint density at radius 2 is 1.41 bits per heavy atom. The molecule has 3 rings (SSSR count). The van der Waals surface area contributed by atoms with E-state index in [0.717, 1.165) is 0 Å². The second-order valence-corrected chi connectivity index (χ2v) is 8.64. The molecule has 2 heterocycles. The molecule has 0 nitrogen and oxygen atoms in total. The van der Waals surface area contributed by atoms with Gasteiger partial charge in [0.25, 0.3) is 0 Å². The van der Waals surface area contributed by atoms with E-state index in [-0.39, 0.29) is 5.82 Å². The van der Waals surface area contributed by atoms with E-state index in [2.05, 4.69) is 35.9 Å². The van der Waals surface area contributed by atoms with Gasteiger partial charge in [0, 0.05) is 9.75 Å². The van der Waals surface area contributed by atoms with Gasteiger partial charge in [-0.25, -0.2) is 4.39 Å². The lowest BCUT2D eigenvalue weighted by molar-refractivity contribution is 0.576. The third-order valence-corrected chi connectivity index (χ3v) is 6.53. The first-order chi connectivity index (χ1) is 13.3. The summed E-state index contributed by atoms with van der Waals surface area (Å²) in [7, 11) is 0. The highest BCUT2D eigenvalue weighted by Gasteiger charge is 2.07. The fourth-order valence-corrected chi connectivity index (χ4v) is 4.88. The van der Waals surface area contributed by atoms with Gasteiger partial charge >= 0.3 is 0 Å². The molecule has 0 saturated heterocycles. The van der Waals surface area contributed by atoms with Crippen molar-refractivity contribution in [2.45, 2.75) is 64.7 Å². The maximum Gasteiger partial charge on any atom is 0.123 e. The van der Waals surface area contributed by atoms with Crippen LogP contribution in [0.3, 0.4) is 0 Å². The highest BCUT2D eigenvalue weighted by Crippen LogP contribution is 2.33. The number of halogens is 1. The Kier molecular flexibility index (Phi) is 11.1. The lowest BCUT2D eigenvalue weighted by Gasteiger charge is -2.03. The van der Waals surface area contributed by atoms with E-state index in [1.807, 2.05) is 22.7 Å². The zero-order valence-corrected chi connectivity index (χ0v) is 18.0. The van der Waals surface area contributed by atoms with Gasteiger partial charge in [0.05, 0.1) is 0 Å². The topological polar surface area (TPSA) is 0 Å². The van der Waals surface area contributed by atoms with Crippen LogP contribution in [0.15, 0.2) is 59.3 Å². The molecule has 0 amide bonds. The van der Waals surface area contributed by atoms with Gasteiger partial charge in [-0.05, 0) is 53.4 Å². The summed E-state index contributed by atoms with van der Waals surface area (Å²) < 4.78 is 11.9. The van der Waals surface area contributed by atoms with Crippen LogP contribution in [0.4, 0.5) is 4.39 Å². The summed E-state index contributed by atoms with van der Waals surface area (Å²) in [6, 6.07) is 14.7. The Labute approximate surface area is 172 Å². The number of unbranched alkanes of at least 4 members (excludes halogenated alkanes) is 7. The first-order valence-corrected chi connectivity index (χ1v) is 11.9. The normalized spacial score (nSPS) is 10.4. The van der Waals surface area contributed by atoms with Crippen molar-refractivity contribution in [1.29, 1.82) is 0 Å². The molecular formula is C24H31FS2. The summed E-state index contributed by atoms with van der Waals surface area (Å²) in [5.74, 6) is -0.178. The van der Waals surface area contributed by atoms with Gasteiger partial charge in [0.15, 0.2) is 0 Å². The van der Waals surface area contributed by atoms with E-state index in [1.54, 1.807) is 23.8 Å². The largest absolute Gasteiger partial charge is 0.207 e. The molecular weight excluding hydrogens is 371 g/mol. The second-order valence-electron chi connectivity index (χ2n) is 6.77. The molecule has 0 unspecified atom stereocenters. The minimum absolute atomic E-state index is 0.178. The minimum atomic E-state index is -0.178. The van der Waals surface area contributed by atoms with Crippen molar-refractivity contribution in [3.05, 3.63) is 70.7 Å². The van der Waals surface area contributed by atoms with Gasteiger partial charge in [0.1, 0.15) is 5.82 Å². The van der Waals surface area contributed by atoms with Crippen LogP contribution in [0, 0.1) is 5.82 Å². The van der Waals surface area contributed by atoms with Gasteiger partial charge in [-0.3, -0.25) is 0 Å². The zero-order valence-electron chi connectivity index (χ0n) is 16.3. The van der Waals surface area contributed by atoms with Crippen LogP contribution >= 0.6 is 22.7 Å². The molecule has 0 spiro atoms. The van der Waals surface area contributed by atoms with E-state index in [4.69, 9.17) is 0 Å². The first kappa shape index (κ1) is 21.8. The Bertz CT molecular complexity index is 701. The average Bonchev–Trinajstić information content (AvgIpc) is 3.36. The van der Waals surface area contributed by atoms with Crippen molar-refractivity contribution < 1.29 is 4.39 Å². The molecule has 2 aromatic heterocycles. The molecule has 1 aromatic carbocycles. The van der Waals surface area contributed by atoms with Gasteiger partial charge in [-0.1, -0.05) is 76.1 Å². The third-order valence-electron chi connectivity index (χ3n) is 4.52. The summed E-state index contributed by atoms with van der Waals surface area (Å²) in [6.45, 7) is 2.28. The van der Waals surface area contributed by atoms with Crippen LogP contribution in [0.25, 0.3) is 9.75 Å². The predicted molar refractivity (Wildman–Crippen MR) is 120 cm³/mol. The van der Waals surface area contributed by atoms with Crippen molar-refractivity contribution in [2.75, 3.05) is 0 Å². The summed E-state index contributed by atoms with van der Waals surface area (Å²) in [4.78, 5) is 2.94. The number of hydrogen-bond donors (Lipinski definition) is 0. The summed E-state index contributed by atoms with van der Waals surface area (Å²) in [5, 5.41) is 4.42.